The Morgan fingerprint density at radius 2 is 2.13 bits per heavy atom. The van der Waals surface area contributed by atoms with E-state index in [0.717, 1.165) is 12.8 Å². The van der Waals surface area contributed by atoms with Crippen molar-refractivity contribution in [1.29, 1.82) is 0 Å². The number of nitrogens with one attached hydrogen (secondary N) is 1. The number of hydrogen-bond acceptors (Lipinski definition) is 4. The van der Waals surface area contributed by atoms with Gasteiger partial charge < -0.3 is 5.32 Å². The van der Waals surface area contributed by atoms with Crippen molar-refractivity contribution in [1.82, 2.24) is 20.1 Å². The molecular weight excluding hydrogens is 315 g/mol. The molecule has 0 aliphatic heterocycles. The van der Waals surface area contributed by atoms with Gasteiger partial charge in [0, 0.05) is 6.04 Å². The van der Waals surface area contributed by atoms with Gasteiger partial charge in [0.05, 0.1) is 10.9 Å². The van der Waals surface area contributed by atoms with Crippen LogP contribution in [-0.2, 0) is 4.79 Å². The lowest BCUT2D eigenvalue weighted by molar-refractivity contribution is -0.120. The minimum Gasteiger partial charge on any atom is -0.352 e. The van der Waals surface area contributed by atoms with Gasteiger partial charge >= 0.3 is 0 Å². The minimum atomic E-state index is -0.350. The maximum absolute atomic E-state index is 13.9. The summed E-state index contributed by atoms with van der Waals surface area (Å²) in [4.78, 5) is 12.3. The third-order valence-electron chi connectivity index (χ3n) is 3.98. The fourth-order valence-corrected chi connectivity index (χ4v) is 3.56. The summed E-state index contributed by atoms with van der Waals surface area (Å²) in [5.41, 5.74) is 0.378. The number of carbonyl (C=O) groups excluding carboxylic acids is 1. The van der Waals surface area contributed by atoms with E-state index in [9.17, 15) is 9.18 Å². The molecule has 7 heteroatoms. The van der Waals surface area contributed by atoms with Crippen LogP contribution in [0.15, 0.2) is 35.7 Å². The molecule has 5 nitrogen and oxygen atoms in total. The van der Waals surface area contributed by atoms with Crippen LogP contribution in [0.3, 0.4) is 0 Å². The van der Waals surface area contributed by atoms with Crippen molar-refractivity contribution in [3.63, 3.8) is 0 Å². The number of carbonyl (C=O) groups is 1. The molecule has 0 saturated heterocycles. The number of aromatic nitrogens is 3. The van der Waals surface area contributed by atoms with E-state index in [0.29, 0.717) is 10.8 Å². The fraction of sp³-hybridized carbons (Fsp3) is 0.438. The predicted molar refractivity (Wildman–Crippen MR) is 87.0 cm³/mol. The van der Waals surface area contributed by atoms with Crippen molar-refractivity contribution in [2.45, 2.75) is 49.1 Å². The predicted octanol–water partition coefficient (Wildman–Crippen LogP) is 2.95. The molecule has 0 unspecified atom stereocenters. The van der Waals surface area contributed by atoms with Gasteiger partial charge in [-0.1, -0.05) is 36.7 Å². The summed E-state index contributed by atoms with van der Waals surface area (Å²) in [6, 6.07) is 6.72. The van der Waals surface area contributed by atoms with Crippen LogP contribution < -0.4 is 5.32 Å². The van der Waals surface area contributed by atoms with E-state index in [1.165, 1.54) is 37.0 Å². The second-order valence-corrected chi connectivity index (χ2v) is 6.99. The maximum atomic E-state index is 13.9. The van der Waals surface area contributed by atoms with Crippen molar-refractivity contribution < 1.29 is 9.18 Å². The molecule has 0 spiro atoms. The zero-order valence-corrected chi connectivity index (χ0v) is 13.7. The van der Waals surface area contributed by atoms with Crippen LogP contribution >= 0.6 is 11.8 Å². The van der Waals surface area contributed by atoms with Crippen LogP contribution in [0.2, 0.25) is 0 Å². The zero-order chi connectivity index (χ0) is 16.2. The number of para-hydroxylation sites is 1. The summed E-state index contributed by atoms with van der Waals surface area (Å²) in [6.07, 6.45) is 5.91. The normalized spacial score (nSPS) is 16.4. The largest absolute Gasteiger partial charge is 0.352 e. The lowest BCUT2D eigenvalue weighted by Crippen LogP contribution is -2.37. The molecular formula is C16H19FN4OS. The summed E-state index contributed by atoms with van der Waals surface area (Å²) >= 11 is 1.28. The van der Waals surface area contributed by atoms with Gasteiger partial charge in [-0.25, -0.2) is 4.39 Å². The number of hydrogen-bond donors (Lipinski definition) is 1. The smallest absolute Gasteiger partial charge is 0.233 e. The molecule has 1 N–H and O–H groups in total. The summed E-state index contributed by atoms with van der Waals surface area (Å²) in [5.74, 6) is -0.359. The highest BCUT2D eigenvalue weighted by atomic mass is 32.2. The van der Waals surface area contributed by atoms with Gasteiger partial charge in [0.15, 0.2) is 5.16 Å². The Labute approximate surface area is 138 Å². The average molecular weight is 334 g/mol. The van der Waals surface area contributed by atoms with Gasteiger partial charge in [-0.15, -0.1) is 10.2 Å². The zero-order valence-electron chi connectivity index (χ0n) is 12.9. The summed E-state index contributed by atoms with van der Waals surface area (Å²) < 4.78 is 15.5. The number of amides is 1. The molecule has 0 bridgehead atoms. The molecule has 1 amide bonds. The van der Waals surface area contributed by atoms with Crippen molar-refractivity contribution in [2.24, 2.45) is 0 Å². The molecule has 1 fully saturated rings. The van der Waals surface area contributed by atoms with E-state index >= 15 is 0 Å². The molecule has 1 saturated carbocycles. The first-order valence-corrected chi connectivity index (χ1v) is 8.65. The number of benzene rings is 1. The van der Waals surface area contributed by atoms with Crippen LogP contribution in [0.4, 0.5) is 4.39 Å². The second kappa shape index (κ2) is 7.12. The van der Waals surface area contributed by atoms with E-state index in [4.69, 9.17) is 0 Å². The van der Waals surface area contributed by atoms with Crippen LogP contribution in [0.1, 0.15) is 32.6 Å². The molecule has 1 heterocycles. The van der Waals surface area contributed by atoms with Crippen molar-refractivity contribution in [3.8, 4) is 5.69 Å². The minimum absolute atomic E-state index is 0.00927. The first-order chi connectivity index (χ1) is 11.1. The van der Waals surface area contributed by atoms with Gasteiger partial charge in [-0.2, -0.15) is 0 Å². The molecule has 23 heavy (non-hydrogen) atoms. The molecule has 1 aromatic heterocycles. The van der Waals surface area contributed by atoms with Gasteiger partial charge in [0.2, 0.25) is 5.91 Å². The summed E-state index contributed by atoms with van der Waals surface area (Å²) in [7, 11) is 0. The first kappa shape index (κ1) is 16.0. The standard InChI is InChI=1S/C16H19FN4OS/c1-11(15(22)19-12-6-2-3-7-12)23-16-20-18-10-21(16)14-9-5-4-8-13(14)17/h4-5,8-12H,2-3,6-7H2,1H3,(H,19,22)/t11-/m0/s1. The van der Waals surface area contributed by atoms with E-state index < -0.39 is 0 Å². The van der Waals surface area contributed by atoms with Crippen molar-refractivity contribution in [3.05, 3.63) is 36.4 Å². The number of thioether (sulfide) groups is 1. The highest BCUT2D eigenvalue weighted by Gasteiger charge is 2.23. The van der Waals surface area contributed by atoms with E-state index in [1.807, 2.05) is 6.92 Å². The van der Waals surface area contributed by atoms with Crippen LogP contribution in [0.5, 0.6) is 0 Å². The third kappa shape index (κ3) is 3.72. The van der Waals surface area contributed by atoms with Crippen LogP contribution in [0.25, 0.3) is 5.69 Å². The highest BCUT2D eigenvalue weighted by molar-refractivity contribution is 8.00. The van der Waals surface area contributed by atoms with Gasteiger partial charge in [-0.05, 0) is 31.9 Å². The quantitative estimate of drug-likeness (QED) is 0.854. The molecule has 0 radical (unpaired) electrons. The molecule has 1 aromatic carbocycles. The Morgan fingerprint density at radius 1 is 1.39 bits per heavy atom. The molecule has 2 aromatic rings. The van der Waals surface area contributed by atoms with Gasteiger partial charge in [-0.3, -0.25) is 9.36 Å². The van der Waals surface area contributed by atoms with E-state index in [2.05, 4.69) is 15.5 Å². The Hall–Kier alpha value is -1.89. The maximum Gasteiger partial charge on any atom is 0.233 e. The summed E-state index contributed by atoms with van der Waals surface area (Å²) in [5, 5.41) is 11.1. The van der Waals surface area contributed by atoms with Gasteiger partial charge in [0.1, 0.15) is 12.1 Å². The Bertz CT molecular complexity index is 684. The molecule has 1 aliphatic rings. The van der Waals surface area contributed by atoms with Crippen LogP contribution in [-0.4, -0.2) is 32.0 Å². The first-order valence-electron chi connectivity index (χ1n) is 7.77. The SMILES string of the molecule is C[C@H](Sc1nncn1-c1ccccc1F)C(=O)NC1CCCC1. The Morgan fingerprint density at radius 3 is 2.87 bits per heavy atom. The second-order valence-electron chi connectivity index (χ2n) is 5.68. The number of nitrogens with zero attached hydrogens (tertiary/aromatic N) is 3. The third-order valence-corrected chi connectivity index (χ3v) is 5.04. The topological polar surface area (TPSA) is 59.8 Å². The molecule has 3 rings (SSSR count). The van der Waals surface area contributed by atoms with Crippen molar-refractivity contribution in [2.75, 3.05) is 0 Å². The summed E-state index contributed by atoms with van der Waals surface area (Å²) in [6.45, 7) is 1.83. The highest BCUT2D eigenvalue weighted by Crippen LogP contribution is 2.26. The lowest BCUT2D eigenvalue weighted by Gasteiger charge is -2.16. The number of halogens is 1. The number of rotatable bonds is 5. The Kier molecular flexibility index (Phi) is 4.95. The van der Waals surface area contributed by atoms with E-state index in [-0.39, 0.29) is 23.0 Å². The lowest BCUT2D eigenvalue weighted by atomic mass is 10.2. The monoisotopic (exact) mass is 334 g/mol. The Balaban J connectivity index is 1.70. The van der Waals surface area contributed by atoms with Gasteiger partial charge in [0.25, 0.3) is 0 Å². The average Bonchev–Trinajstić information content (AvgIpc) is 3.19. The van der Waals surface area contributed by atoms with Crippen molar-refractivity contribution >= 4 is 17.7 Å². The fourth-order valence-electron chi connectivity index (χ4n) is 2.72. The molecule has 122 valence electrons. The molecule has 1 atom stereocenters. The van der Waals surface area contributed by atoms with Crippen LogP contribution in [0, 0.1) is 5.82 Å². The molecule has 1 aliphatic carbocycles. The van der Waals surface area contributed by atoms with E-state index in [1.54, 1.807) is 22.8 Å².